The minimum absolute atomic E-state index is 0.480. The lowest BCUT2D eigenvalue weighted by Gasteiger charge is -2.15. The Hall–Kier alpha value is -2.66. The van der Waals surface area contributed by atoms with E-state index in [1.165, 1.54) is 0 Å². The van der Waals surface area contributed by atoms with E-state index in [1.54, 1.807) is 25.3 Å². The Balaban J connectivity index is 2.16. The Kier molecular flexibility index (Phi) is 4.12. The fourth-order valence-electron chi connectivity index (χ4n) is 2.23. The number of hydrogen-bond donors (Lipinski definition) is 2. The Labute approximate surface area is 138 Å². The summed E-state index contributed by atoms with van der Waals surface area (Å²) in [7, 11) is 0. The largest absolute Gasteiger partial charge is 0.480 e. The van der Waals surface area contributed by atoms with E-state index >= 15 is 0 Å². The molecule has 116 valence electrons. The van der Waals surface area contributed by atoms with Gasteiger partial charge in [-0.15, -0.1) is 0 Å². The lowest BCUT2D eigenvalue weighted by molar-refractivity contribution is -0.137. The Morgan fingerprint density at radius 1 is 1.26 bits per heavy atom. The third kappa shape index (κ3) is 3.24. The van der Waals surface area contributed by atoms with Gasteiger partial charge in [-0.05, 0) is 42.8 Å². The molecule has 3 rings (SSSR count). The summed E-state index contributed by atoms with van der Waals surface area (Å²) in [6, 6.07) is 12.2. The summed E-state index contributed by atoms with van der Waals surface area (Å²) in [6.45, 7) is 1.57. The number of rotatable bonds is 4. The van der Waals surface area contributed by atoms with Crippen molar-refractivity contribution in [2.45, 2.75) is 13.0 Å². The molecule has 0 amide bonds. The summed E-state index contributed by atoms with van der Waals surface area (Å²) in [5.74, 6) is -0.469. The van der Waals surface area contributed by atoms with Gasteiger partial charge in [-0.2, -0.15) is 0 Å². The molecule has 0 aliphatic heterocycles. The van der Waals surface area contributed by atoms with Gasteiger partial charge in [-0.1, -0.05) is 23.7 Å². The molecule has 6 heteroatoms. The number of aromatic nitrogens is 2. The van der Waals surface area contributed by atoms with Crippen LogP contribution < -0.4 is 5.32 Å². The summed E-state index contributed by atoms with van der Waals surface area (Å²) < 4.78 is 0. The Bertz CT molecular complexity index is 865. The number of hydrogen-bond acceptors (Lipinski definition) is 4. The van der Waals surface area contributed by atoms with Gasteiger partial charge in [0.2, 0.25) is 0 Å². The fraction of sp³-hybridized carbons (Fsp3) is 0.118. The minimum Gasteiger partial charge on any atom is -0.480 e. The predicted molar refractivity (Wildman–Crippen MR) is 90.7 cm³/mol. The molecule has 1 aromatic carbocycles. The number of carboxylic acids is 1. The van der Waals surface area contributed by atoms with Crippen LogP contribution >= 0.6 is 11.6 Å². The van der Waals surface area contributed by atoms with Crippen molar-refractivity contribution in [3.8, 4) is 11.1 Å². The maximum atomic E-state index is 11.1. The summed E-state index contributed by atoms with van der Waals surface area (Å²) in [5, 5.41) is 13.6. The first-order valence-corrected chi connectivity index (χ1v) is 7.43. The number of nitrogens with zero attached hydrogens (tertiary/aromatic N) is 2. The van der Waals surface area contributed by atoms with Gasteiger partial charge in [0.25, 0.3) is 0 Å². The number of carbonyl (C=O) groups is 1. The second-order valence-electron chi connectivity index (χ2n) is 5.15. The van der Waals surface area contributed by atoms with Gasteiger partial charge in [0.15, 0.2) is 5.65 Å². The molecule has 1 unspecified atom stereocenters. The number of nitrogens with one attached hydrogen (secondary N) is 1. The average Bonchev–Trinajstić information content (AvgIpc) is 2.55. The summed E-state index contributed by atoms with van der Waals surface area (Å²) >= 11 is 5.94. The molecule has 0 aliphatic rings. The summed E-state index contributed by atoms with van der Waals surface area (Å²) in [4.78, 5) is 19.8. The van der Waals surface area contributed by atoms with Gasteiger partial charge in [0, 0.05) is 22.2 Å². The molecule has 1 atom stereocenters. The van der Waals surface area contributed by atoms with Crippen molar-refractivity contribution in [2.24, 2.45) is 0 Å². The van der Waals surface area contributed by atoms with E-state index in [0.717, 1.165) is 16.5 Å². The molecule has 0 spiro atoms. The van der Waals surface area contributed by atoms with Crippen molar-refractivity contribution >= 4 is 34.4 Å². The van der Waals surface area contributed by atoms with Gasteiger partial charge in [0.05, 0.1) is 0 Å². The average molecular weight is 328 g/mol. The maximum absolute atomic E-state index is 11.1. The highest BCUT2D eigenvalue weighted by atomic mass is 35.5. The molecule has 3 aromatic rings. The second-order valence-corrected chi connectivity index (χ2v) is 5.58. The van der Waals surface area contributed by atoms with Crippen molar-refractivity contribution in [3.05, 3.63) is 53.7 Å². The van der Waals surface area contributed by atoms with Crippen LogP contribution in [-0.4, -0.2) is 27.1 Å². The zero-order valence-corrected chi connectivity index (χ0v) is 13.1. The van der Waals surface area contributed by atoms with Gasteiger partial charge in [-0.3, -0.25) is 4.79 Å². The maximum Gasteiger partial charge on any atom is 0.325 e. The standard InChI is InChI=1S/C17H14ClN3O2/c1-10(17(22)23)20-16-14(11-4-6-13(18)7-5-11)9-12-3-2-8-19-15(12)21-16/h2-10H,1H3,(H,22,23)(H,19,20,21). The zero-order chi connectivity index (χ0) is 16.4. The van der Waals surface area contributed by atoms with Crippen LogP contribution in [0.5, 0.6) is 0 Å². The van der Waals surface area contributed by atoms with Crippen molar-refractivity contribution in [1.82, 2.24) is 9.97 Å². The lowest BCUT2D eigenvalue weighted by Crippen LogP contribution is -2.26. The third-order valence-corrected chi connectivity index (χ3v) is 3.72. The Morgan fingerprint density at radius 3 is 2.70 bits per heavy atom. The SMILES string of the molecule is CC(Nc1nc2ncccc2cc1-c1ccc(Cl)cc1)C(=O)O. The molecule has 0 radical (unpaired) electrons. The summed E-state index contributed by atoms with van der Waals surface area (Å²) in [6.07, 6.45) is 1.65. The van der Waals surface area contributed by atoms with E-state index in [2.05, 4.69) is 15.3 Å². The van der Waals surface area contributed by atoms with Gasteiger partial charge >= 0.3 is 5.97 Å². The fourth-order valence-corrected chi connectivity index (χ4v) is 2.36. The number of anilines is 1. The molecule has 0 fully saturated rings. The van der Waals surface area contributed by atoms with Crippen LogP contribution in [0.1, 0.15) is 6.92 Å². The molecule has 2 N–H and O–H groups in total. The molecule has 0 saturated carbocycles. The predicted octanol–water partition coefficient (Wildman–Crippen LogP) is 3.84. The van der Waals surface area contributed by atoms with E-state index in [0.29, 0.717) is 16.5 Å². The van der Waals surface area contributed by atoms with Crippen LogP contribution in [0.2, 0.25) is 5.02 Å². The number of carboxylic acid groups (broad SMARTS) is 1. The van der Waals surface area contributed by atoms with Crippen molar-refractivity contribution in [1.29, 1.82) is 0 Å². The van der Waals surface area contributed by atoms with Crippen LogP contribution in [0.15, 0.2) is 48.7 Å². The highest BCUT2D eigenvalue weighted by molar-refractivity contribution is 6.30. The first-order valence-electron chi connectivity index (χ1n) is 7.05. The highest BCUT2D eigenvalue weighted by Crippen LogP contribution is 2.30. The topological polar surface area (TPSA) is 75.1 Å². The quantitative estimate of drug-likeness (QED) is 0.761. The van der Waals surface area contributed by atoms with E-state index in [1.807, 2.05) is 30.3 Å². The molecule has 5 nitrogen and oxygen atoms in total. The molecule has 23 heavy (non-hydrogen) atoms. The van der Waals surface area contributed by atoms with Crippen LogP contribution in [0.25, 0.3) is 22.2 Å². The minimum atomic E-state index is -0.949. The molecular formula is C17H14ClN3O2. The Morgan fingerprint density at radius 2 is 2.00 bits per heavy atom. The van der Waals surface area contributed by atoms with Crippen LogP contribution in [0.3, 0.4) is 0 Å². The first kappa shape index (κ1) is 15.2. The van der Waals surface area contributed by atoms with Crippen molar-refractivity contribution < 1.29 is 9.90 Å². The lowest BCUT2D eigenvalue weighted by atomic mass is 10.0. The van der Waals surface area contributed by atoms with E-state index in [9.17, 15) is 4.79 Å². The van der Waals surface area contributed by atoms with Crippen LogP contribution in [-0.2, 0) is 4.79 Å². The number of benzene rings is 1. The van der Waals surface area contributed by atoms with E-state index in [4.69, 9.17) is 16.7 Å². The third-order valence-electron chi connectivity index (χ3n) is 3.47. The van der Waals surface area contributed by atoms with Gasteiger partial charge in [-0.25, -0.2) is 9.97 Å². The van der Waals surface area contributed by atoms with E-state index in [-0.39, 0.29) is 0 Å². The molecule has 2 aromatic heterocycles. The second kappa shape index (κ2) is 6.22. The smallest absolute Gasteiger partial charge is 0.325 e. The molecule has 0 aliphatic carbocycles. The molecule has 0 bridgehead atoms. The van der Waals surface area contributed by atoms with Crippen LogP contribution in [0, 0.1) is 0 Å². The van der Waals surface area contributed by atoms with E-state index < -0.39 is 12.0 Å². The van der Waals surface area contributed by atoms with Gasteiger partial charge < -0.3 is 10.4 Å². The molecule has 2 heterocycles. The zero-order valence-electron chi connectivity index (χ0n) is 12.3. The monoisotopic (exact) mass is 327 g/mol. The number of aliphatic carboxylic acids is 1. The normalized spacial score (nSPS) is 12.1. The first-order chi connectivity index (χ1) is 11.0. The van der Waals surface area contributed by atoms with Crippen LogP contribution in [0.4, 0.5) is 5.82 Å². The highest BCUT2D eigenvalue weighted by Gasteiger charge is 2.16. The molecule has 0 saturated heterocycles. The number of fused-ring (bicyclic) bond motifs is 1. The van der Waals surface area contributed by atoms with Crippen molar-refractivity contribution in [2.75, 3.05) is 5.32 Å². The van der Waals surface area contributed by atoms with Crippen molar-refractivity contribution in [3.63, 3.8) is 0 Å². The van der Waals surface area contributed by atoms with Gasteiger partial charge in [0.1, 0.15) is 11.9 Å². The summed E-state index contributed by atoms with van der Waals surface area (Å²) in [5.41, 5.74) is 2.26. The molecular weight excluding hydrogens is 314 g/mol. The number of pyridine rings is 2. The number of halogens is 1.